The molecule has 1 aromatic heterocycles. The Morgan fingerprint density at radius 1 is 1.13 bits per heavy atom. The Balaban J connectivity index is 1.37. The first kappa shape index (κ1) is 14.5. The highest BCUT2D eigenvalue weighted by atomic mass is 16.5. The summed E-state index contributed by atoms with van der Waals surface area (Å²) in [5, 5.41) is 3.70. The predicted molar refractivity (Wildman–Crippen MR) is 92.5 cm³/mol. The monoisotopic (exact) mass is 306 g/mol. The molecule has 3 atom stereocenters. The maximum atomic E-state index is 5.83. The minimum absolute atomic E-state index is 0.746. The van der Waals surface area contributed by atoms with E-state index in [9.17, 15) is 0 Å². The molecule has 1 N–H and O–H groups in total. The zero-order valence-electron chi connectivity index (χ0n) is 13.2. The number of benzene rings is 1. The molecule has 2 bridgehead atoms. The number of ether oxygens (including phenoxy) is 1. The zero-order valence-corrected chi connectivity index (χ0v) is 13.2. The summed E-state index contributed by atoms with van der Waals surface area (Å²) in [4.78, 5) is 4.28. The lowest BCUT2D eigenvalue weighted by Crippen LogP contribution is -2.22. The van der Waals surface area contributed by atoms with Gasteiger partial charge in [0.1, 0.15) is 11.5 Å². The van der Waals surface area contributed by atoms with Crippen molar-refractivity contribution in [3.63, 3.8) is 0 Å². The predicted octanol–water partition coefficient (Wildman–Crippen LogP) is 4.42. The van der Waals surface area contributed by atoms with Gasteiger partial charge >= 0.3 is 0 Å². The van der Waals surface area contributed by atoms with Crippen molar-refractivity contribution in [3.05, 3.63) is 60.4 Å². The van der Waals surface area contributed by atoms with Gasteiger partial charge in [0.25, 0.3) is 0 Å². The van der Waals surface area contributed by atoms with Crippen LogP contribution in [0.1, 0.15) is 31.2 Å². The van der Waals surface area contributed by atoms with E-state index in [0.717, 1.165) is 41.5 Å². The van der Waals surface area contributed by atoms with E-state index in [-0.39, 0.29) is 0 Å². The Labute approximate surface area is 137 Å². The Bertz CT molecular complexity index is 683. The van der Waals surface area contributed by atoms with Crippen LogP contribution in [0, 0.1) is 5.92 Å². The molecule has 118 valence electrons. The molecule has 3 heteroatoms. The fraction of sp³-hybridized carbons (Fsp3) is 0.350. The second kappa shape index (κ2) is 6.55. The Hall–Kier alpha value is -2.13. The summed E-state index contributed by atoms with van der Waals surface area (Å²) in [5.41, 5.74) is 1.09. The van der Waals surface area contributed by atoms with Gasteiger partial charge in [0.2, 0.25) is 0 Å². The highest BCUT2D eigenvalue weighted by Gasteiger charge is 2.37. The van der Waals surface area contributed by atoms with Crippen LogP contribution in [0.25, 0.3) is 6.08 Å². The van der Waals surface area contributed by atoms with Crippen molar-refractivity contribution < 1.29 is 4.74 Å². The number of para-hydroxylation sites is 1. The summed E-state index contributed by atoms with van der Waals surface area (Å²) in [7, 11) is 0. The normalized spacial score (nSPS) is 26.0. The number of rotatable bonds is 5. The largest absolute Gasteiger partial charge is 0.456 e. The quantitative estimate of drug-likeness (QED) is 0.888. The van der Waals surface area contributed by atoms with Crippen LogP contribution in [0.15, 0.2) is 54.9 Å². The molecule has 3 unspecified atom stereocenters. The molecular formula is C20H22N2O. The molecule has 0 aliphatic carbocycles. The number of fused-ring (bicyclic) bond motifs is 2. The molecule has 0 amide bonds. The summed E-state index contributed by atoms with van der Waals surface area (Å²) in [6, 6.07) is 13.4. The minimum Gasteiger partial charge on any atom is -0.456 e. The van der Waals surface area contributed by atoms with Gasteiger partial charge in [0.15, 0.2) is 0 Å². The molecule has 2 fully saturated rings. The Morgan fingerprint density at radius 2 is 2.04 bits per heavy atom. The van der Waals surface area contributed by atoms with Gasteiger partial charge in [-0.25, -0.2) is 0 Å². The number of nitrogens with zero attached hydrogens (tertiary/aromatic N) is 1. The van der Waals surface area contributed by atoms with Crippen LogP contribution in [0.3, 0.4) is 0 Å². The van der Waals surface area contributed by atoms with Crippen LogP contribution in [-0.2, 0) is 0 Å². The molecule has 2 aromatic rings. The van der Waals surface area contributed by atoms with Gasteiger partial charge in [0.05, 0.1) is 6.20 Å². The molecule has 0 spiro atoms. The van der Waals surface area contributed by atoms with Crippen molar-refractivity contribution in [3.8, 4) is 11.5 Å². The lowest BCUT2D eigenvalue weighted by molar-refractivity contribution is 0.411. The summed E-state index contributed by atoms with van der Waals surface area (Å²) < 4.78 is 5.83. The summed E-state index contributed by atoms with van der Waals surface area (Å²) >= 11 is 0. The van der Waals surface area contributed by atoms with Crippen molar-refractivity contribution in [1.29, 1.82) is 0 Å². The fourth-order valence-corrected chi connectivity index (χ4v) is 3.78. The number of pyridine rings is 1. The number of nitrogens with one attached hydrogen (secondary N) is 1. The lowest BCUT2D eigenvalue weighted by Gasteiger charge is -2.17. The van der Waals surface area contributed by atoms with E-state index in [4.69, 9.17) is 4.74 Å². The summed E-state index contributed by atoms with van der Waals surface area (Å²) in [5.74, 6) is 2.42. The maximum Gasteiger partial charge on any atom is 0.146 e. The van der Waals surface area contributed by atoms with Crippen LogP contribution >= 0.6 is 0 Å². The van der Waals surface area contributed by atoms with E-state index in [1.165, 1.54) is 19.3 Å². The van der Waals surface area contributed by atoms with Gasteiger partial charge in [-0.1, -0.05) is 30.4 Å². The molecular weight excluding hydrogens is 284 g/mol. The first-order valence-electron chi connectivity index (χ1n) is 8.47. The van der Waals surface area contributed by atoms with E-state index in [0.29, 0.717) is 0 Å². The fourth-order valence-electron chi connectivity index (χ4n) is 3.78. The van der Waals surface area contributed by atoms with Gasteiger partial charge in [-0.05, 0) is 55.4 Å². The third-order valence-corrected chi connectivity index (χ3v) is 4.89. The minimum atomic E-state index is 0.746. The smallest absolute Gasteiger partial charge is 0.146 e. The second-order valence-corrected chi connectivity index (χ2v) is 6.55. The molecule has 1 aromatic carbocycles. The van der Waals surface area contributed by atoms with Gasteiger partial charge in [-0.15, -0.1) is 0 Å². The molecule has 3 nitrogen and oxygen atoms in total. The van der Waals surface area contributed by atoms with Gasteiger partial charge in [-0.2, -0.15) is 0 Å². The van der Waals surface area contributed by atoms with Gasteiger partial charge in [0, 0.05) is 18.3 Å². The van der Waals surface area contributed by atoms with Crippen LogP contribution in [0.5, 0.6) is 11.5 Å². The van der Waals surface area contributed by atoms with Crippen LogP contribution in [-0.4, -0.2) is 17.1 Å². The number of hydrogen-bond donors (Lipinski definition) is 1. The summed E-state index contributed by atoms with van der Waals surface area (Å²) in [6.45, 7) is 0. The summed E-state index contributed by atoms with van der Waals surface area (Å²) in [6.07, 6.45) is 13.3. The van der Waals surface area contributed by atoms with Gasteiger partial charge < -0.3 is 10.1 Å². The molecule has 0 radical (unpaired) electrons. The Morgan fingerprint density at radius 3 is 2.83 bits per heavy atom. The highest BCUT2D eigenvalue weighted by Crippen LogP contribution is 2.35. The van der Waals surface area contributed by atoms with Crippen molar-refractivity contribution in [2.75, 3.05) is 0 Å². The topological polar surface area (TPSA) is 34.1 Å². The molecule has 3 heterocycles. The van der Waals surface area contributed by atoms with Crippen LogP contribution in [0.4, 0.5) is 0 Å². The SMILES string of the molecule is C(=Cc1cncc(Oc2ccccc2)c1)CC1CC2CCC1N2. The molecule has 23 heavy (non-hydrogen) atoms. The van der Waals surface area contributed by atoms with Gasteiger partial charge in [-0.3, -0.25) is 4.98 Å². The Kier molecular flexibility index (Phi) is 4.12. The van der Waals surface area contributed by atoms with Crippen LogP contribution < -0.4 is 10.1 Å². The second-order valence-electron chi connectivity index (χ2n) is 6.55. The van der Waals surface area contributed by atoms with E-state index in [2.05, 4.69) is 22.5 Å². The molecule has 2 aliphatic rings. The molecule has 4 rings (SSSR count). The van der Waals surface area contributed by atoms with E-state index in [1.807, 2.05) is 42.6 Å². The lowest BCUT2D eigenvalue weighted by atomic mass is 9.87. The third-order valence-electron chi connectivity index (χ3n) is 4.89. The maximum absolute atomic E-state index is 5.83. The van der Waals surface area contributed by atoms with E-state index < -0.39 is 0 Å². The first-order chi connectivity index (χ1) is 11.4. The van der Waals surface area contributed by atoms with E-state index in [1.54, 1.807) is 6.20 Å². The third kappa shape index (κ3) is 3.45. The van der Waals surface area contributed by atoms with Crippen molar-refractivity contribution >= 4 is 6.08 Å². The van der Waals surface area contributed by atoms with E-state index >= 15 is 0 Å². The average molecular weight is 306 g/mol. The van der Waals surface area contributed by atoms with Crippen molar-refractivity contribution in [2.45, 2.75) is 37.8 Å². The standard InChI is InChI=1S/C20H22N2O/c1-2-7-18(8-3-1)23-19-11-15(13-21-14-19)5-4-6-16-12-17-9-10-20(16)22-17/h1-5,7-8,11,13-14,16-17,20,22H,6,9-10,12H2. The number of aromatic nitrogens is 1. The number of allylic oxidation sites excluding steroid dienone is 1. The molecule has 0 saturated carbocycles. The molecule has 2 aliphatic heterocycles. The zero-order chi connectivity index (χ0) is 15.5. The highest BCUT2D eigenvalue weighted by molar-refractivity contribution is 5.50. The number of hydrogen-bond acceptors (Lipinski definition) is 3. The van der Waals surface area contributed by atoms with Crippen molar-refractivity contribution in [1.82, 2.24) is 10.3 Å². The van der Waals surface area contributed by atoms with Crippen molar-refractivity contribution in [2.24, 2.45) is 5.92 Å². The van der Waals surface area contributed by atoms with Crippen LogP contribution in [0.2, 0.25) is 0 Å². The molecule has 2 saturated heterocycles. The average Bonchev–Trinajstić information content (AvgIpc) is 3.19. The first-order valence-corrected chi connectivity index (χ1v) is 8.47.